The highest BCUT2D eigenvalue weighted by atomic mass is 16.5. The lowest BCUT2D eigenvalue weighted by Gasteiger charge is -1.98. The van der Waals surface area contributed by atoms with Gasteiger partial charge in [-0.15, -0.1) is 0 Å². The zero-order valence-corrected chi connectivity index (χ0v) is 5.70. The van der Waals surface area contributed by atoms with E-state index in [4.69, 9.17) is 10.2 Å². The van der Waals surface area contributed by atoms with E-state index >= 15 is 0 Å². The van der Waals surface area contributed by atoms with E-state index in [0.29, 0.717) is 0 Å². The third kappa shape index (κ3) is 3.95. The molecule has 1 atom stereocenters. The van der Waals surface area contributed by atoms with E-state index in [1.54, 1.807) is 5.92 Å². The molecule has 0 aromatic carbocycles. The molecule has 11 heavy (non-hydrogen) atoms. The van der Waals surface area contributed by atoms with Gasteiger partial charge in [0.2, 0.25) is 6.10 Å². The Bertz CT molecular complexity index is 221. The van der Waals surface area contributed by atoms with Gasteiger partial charge in [-0.3, -0.25) is 0 Å². The first-order valence-electron chi connectivity index (χ1n) is 2.58. The van der Waals surface area contributed by atoms with Crippen molar-refractivity contribution in [2.45, 2.75) is 6.10 Å². The van der Waals surface area contributed by atoms with Gasteiger partial charge in [-0.25, -0.2) is 9.59 Å². The van der Waals surface area contributed by atoms with Gasteiger partial charge < -0.3 is 14.9 Å². The Balaban J connectivity index is 4.22. The van der Waals surface area contributed by atoms with E-state index in [1.165, 1.54) is 0 Å². The summed E-state index contributed by atoms with van der Waals surface area (Å²) < 4.78 is 4.33. The molecular weight excluding hydrogens is 152 g/mol. The Morgan fingerprint density at radius 2 is 2.00 bits per heavy atom. The third-order valence-electron chi connectivity index (χ3n) is 0.770. The second kappa shape index (κ2) is 4.30. The molecule has 0 spiro atoms. The molecule has 0 aliphatic carbocycles. The van der Waals surface area contributed by atoms with Gasteiger partial charge in [0.1, 0.15) is 0 Å². The van der Waals surface area contributed by atoms with E-state index in [0.717, 1.165) is 7.11 Å². The number of carboxylic acid groups (broad SMARTS) is 2. The average Bonchev–Trinajstić information content (AvgIpc) is 1.87. The minimum absolute atomic E-state index is 1.13. The predicted octanol–water partition coefficient (Wildman–Crippen LogP) is -0.826. The molecule has 0 bridgehead atoms. The lowest BCUT2D eigenvalue weighted by molar-refractivity contribution is -0.144. The highest BCUT2D eigenvalue weighted by molar-refractivity contribution is 5.88. The molecule has 0 aliphatic heterocycles. The summed E-state index contributed by atoms with van der Waals surface area (Å²) in [6.45, 7) is 0. The molecule has 0 saturated heterocycles. The minimum Gasteiger partial charge on any atom is -0.479 e. The van der Waals surface area contributed by atoms with Gasteiger partial charge in [0.25, 0.3) is 0 Å². The fraction of sp³-hybridized carbons (Fsp3) is 0.333. The number of carboxylic acids is 2. The van der Waals surface area contributed by atoms with E-state index in [1.807, 2.05) is 5.92 Å². The lowest BCUT2D eigenvalue weighted by Crippen LogP contribution is -2.20. The molecule has 60 valence electrons. The molecule has 0 heterocycles. The van der Waals surface area contributed by atoms with Crippen molar-refractivity contribution < 1.29 is 24.5 Å². The third-order valence-corrected chi connectivity index (χ3v) is 0.770. The SMILES string of the molecule is COC(C#CC(=O)O)C(=O)O. The van der Waals surface area contributed by atoms with Gasteiger partial charge in [-0.05, 0) is 5.92 Å². The molecule has 0 fully saturated rings. The van der Waals surface area contributed by atoms with Crippen LogP contribution >= 0.6 is 0 Å². The van der Waals surface area contributed by atoms with E-state index < -0.39 is 18.0 Å². The van der Waals surface area contributed by atoms with Crippen molar-refractivity contribution in [1.29, 1.82) is 0 Å². The zero-order chi connectivity index (χ0) is 8.85. The average molecular weight is 158 g/mol. The number of methoxy groups -OCH3 is 1. The second-order valence-electron chi connectivity index (χ2n) is 1.53. The molecule has 0 saturated carbocycles. The molecule has 0 aliphatic rings. The fourth-order valence-electron chi connectivity index (χ4n) is 0.349. The van der Waals surface area contributed by atoms with Crippen LogP contribution in [0.15, 0.2) is 0 Å². The molecule has 0 radical (unpaired) electrons. The number of hydrogen-bond donors (Lipinski definition) is 2. The fourth-order valence-corrected chi connectivity index (χ4v) is 0.349. The lowest BCUT2D eigenvalue weighted by atomic mass is 10.3. The van der Waals surface area contributed by atoms with Crippen LogP contribution in [0.5, 0.6) is 0 Å². The zero-order valence-electron chi connectivity index (χ0n) is 5.70. The van der Waals surface area contributed by atoms with Crippen LogP contribution in [0.3, 0.4) is 0 Å². The summed E-state index contributed by atoms with van der Waals surface area (Å²) in [6, 6.07) is 0. The Hall–Kier alpha value is -1.54. The van der Waals surface area contributed by atoms with Gasteiger partial charge in [0.15, 0.2) is 0 Å². The molecule has 0 aromatic rings. The molecule has 5 heteroatoms. The van der Waals surface area contributed by atoms with Gasteiger partial charge in [0, 0.05) is 13.0 Å². The number of hydrogen-bond acceptors (Lipinski definition) is 3. The Morgan fingerprint density at radius 1 is 1.45 bits per heavy atom. The smallest absolute Gasteiger partial charge is 0.382 e. The first kappa shape index (κ1) is 9.46. The minimum atomic E-state index is -1.38. The van der Waals surface area contributed by atoms with Gasteiger partial charge >= 0.3 is 11.9 Å². The molecule has 0 rings (SSSR count). The molecule has 2 N–H and O–H groups in total. The van der Waals surface area contributed by atoms with Crippen molar-refractivity contribution in [3.05, 3.63) is 0 Å². The number of aliphatic carboxylic acids is 2. The Morgan fingerprint density at radius 3 is 2.27 bits per heavy atom. The maximum Gasteiger partial charge on any atom is 0.382 e. The van der Waals surface area contributed by atoms with Gasteiger partial charge in [-0.1, -0.05) is 0 Å². The first-order valence-corrected chi connectivity index (χ1v) is 2.58. The number of rotatable bonds is 2. The maximum atomic E-state index is 10.1. The predicted molar refractivity (Wildman–Crippen MR) is 33.8 cm³/mol. The maximum absolute atomic E-state index is 10.1. The molecule has 1 unspecified atom stereocenters. The van der Waals surface area contributed by atoms with Crippen molar-refractivity contribution >= 4 is 11.9 Å². The van der Waals surface area contributed by atoms with Crippen molar-refractivity contribution in [3.8, 4) is 11.8 Å². The van der Waals surface area contributed by atoms with Crippen LogP contribution in [-0.2, 0) is 14.3 Å². The summed E-state index contributed by atoms with van der Waals surface area (Å²) in [6.07, 6.45) is -1.37. The van der Waals surface area contributed by atoms with Crippen LogP contribution < -0.4 is 0 Å². The highest BCUT2D eigenvalue weighted by Gasteiger charge is 2.11. The Kier molecular flexibility index (Phi) is 3.70. The van der Waals surface area contributed by atoms with Crippen LogP contribution in [0.2, 0.25) is 0 Å². The summed E-state index contributed by atoms with van der Waals surface area (Å²) in [4.78, 5) is 19.9. The van der Waals surface area contributed by atoms with Crippen molar-refractivity contribution in [2.24, 2.45) is 0 Å². The number of carbonyl (C=O) groups is 2. The quantitative estimate of drug-likeness (QED) is 0.512. The van der Waals surface area contributed by atoms with Crippen LogP contribution in [0.1, 0.15) is 0 Å². The Labute approximate surface area is 62.6 Å². The summed E-state index contributed by atoms with van der Waals surface area (Å²) in [5.41, 5.74) is 0. The monoisotopic (exact) mass is 158 g/mol. The summed E-state index contributed by atoms with van der Waals surface area (Å²) in [5, 5.41) is 16.3. The van der Waals surface area contributed by atoms with E-state index in [-0.39, 0.29) is 0 Å². The van der Waals surface area contributed by atoms with Crippen LogP contribution in [0.25, 0.3) is 0 Å². The summed E-state index contributed by atoms with van der Waals surface area (Å²) in [7, 11) is 1.13. The van der Waals surface area contributed by atoms with Crippen LogP contribution in [-0.4, -0.2) is 35.4 Å². The standard InChI is InChI=1S/C6H6O5/c1-11-4(6(9)10)2-3-5(7)8/h4H,1H3,(H,7,8)(H,9,10). The van der Waals surface area contributed by atoms with Crippen LogP contribution in [0, 0.1) is 11.8 Å². The van der Waals surface area contributed by atoms with Crippen LogP contribution in [0.4, 0.5) is 0 Å². The van der Waals surface area contributed by atoms with Crippen molar-refractivity contribution in [1.82, 2.24) is 0 Å². The molecular formula is C6H6O5. The van der Waals surface area contributed by atoms with Gasteiger partial charge in [-0.2, -0.15) is 0 Å². The summed E-state index contributed by atoms with van der Waals surface area (Å²) in [5.74, 6) is 0.850. The summed E-state index contributed by atoms with van der Waals surface area (Å²) >= 11 is 0. The van der Waals surface area contributed by atoms with E-state index in [9.17, 15) is 9.59 Å². The largest absolute Gasteiger partial charge is 0.479 e. The normalized spacial score (nSPS) is 11.0. The highest BCUT2D eigenvalue weighted by Crippen LogP contribution is 1.85. The molecule has 0 amide bonds. The molecule has 5 nitrogen and oxygen atoms in total. The van der Waals surface area contributed by atoms with Crippen molar-refractivity contribution in [3.63, 3.8) is 0 Å². The number of ether oxygens (including phenoxy) is 1. The first-order chi connectivity index (χ1) is 5.07. The second-order valence-corrected chi connectivity index (χ2v) is 1.53. The van der Waals surface area contributed by atoms with Crippen molar-refractivity contribution in [2.75, 3.05) is 7.11 Å². The molecule has 0 aromatic heterocycles. The van der Waals surface area contributed by atoms with Gasteiger partial charge in [0.05, 0.1) is 0 Å². The van der Waals surface area contributed by atoms with E-state index in [2.05, 4.69) is 4.74 Å². The topological polar surface area (TPSA) is 83.8 Å².